The number of carbonyl (C=O) groups excluding carboxylic acids is 1. The van der Waals surface area contributed by atoms with Crippen LogP contribution in [0, 0.1) is 0 Å². The molecule has 1 aliphatic rings. The maximum Gasteiger partial charge on any atom is 0.257 e. The number of fused-ring (bicyclic) bond motifs is 3. The van der Waals surface area contributed by atoms with Crippen molar-refractivity contribution in [2.45, 2.75) is 19.5 Å². The van der Waals surface area contributed by atoms with Gasteiger partial charge in [-0.25, -0.2) is 0 Å². The highest BCUT2D eigenvalue weighted by Crippen LogP contribution is 2.21. The zero-order chi connectivity index (χ0) is 16.1. The Morgan fingerprint density at radius 1 is 1.09 bits per heavy atom. The van der Waals surface area contributed by atoms with Gasteiger partial charge >= 0.3 is 0 Å². The summed E-state index contributed by atoms with van der Waals surface area (Å²) in [6.07, 6.45) is 0.901. The fourth-order valence-corrected chi connectivity index (χ4v) is 2.77. The average molecular weight is 310 g/mol. The number of hydrogen-bond acceptors (Lipinski definition) is 3. The molecule has 2 aromatic rings. The Morgan fingerprint density at radius 3 is 2.83 bits per heavy atom. The summed E-state index contributed by atoms with van der Waals surface area (Å²) in [6.45, 7) is 2.91. The number of hydrogen-bond donors (Lipinski definition) is 1. The number of benzene rings is 2. The van der Waals surface area contributed by atoms with Crippen LogP contribution in [0.2, 0.25) is 0 Å². The van der Waals surface area contributed by atoms with Crippen molar-refractivity contribution in [3.8, 4) is 5.75 Å². The molecule has 0 aromatic heterocycles. The molecule has 0 saturated carbocycles. The Bertz CT molecular complexity index is 685. The van der Waals surface area contributed by atoms with Gasteiger partial charge in [0.2, 0.25) is 0 Å². The summed E-state index contributed by atoms with van der Waals surface area (Å²) >= 11 is 0. The van der Waals surface area contributed by atoms with Gasteiger partial charge < -0.3 is 15.0 Å². The van der Waals surface area contributed by atoms with Gasteiger partial charge in [0.25, 0.3) is 5.91 Å². The second-order valence-corrected chi connectivity index (χ2v) is 5.86. The highest BCUT2D eigenvalue weighted by Gasteiger charge is 2.17. The first-order valence-electron chi connectivity index (χ1n) is 8.00. The molecule has 23 heavy (non-hydrogen) atoms. The molecule has 3 rings (SSSR count). The molecule has 0 unspecified atom stereocenters. The molecule has 0 saturated heterocycles. The molecular formula is C19H22N2O2. The van der Waals surface area contributed by atoms with E-state index in [1.807, 2.05) is 37.4 Å². The summed E-state index contributed by atoms with van der Waals surface area (Å²) in [7, 11) is 1.83. The van der Waals surface area contributed by atoms with Gasteiger partial charge in [0.15, 0.2) is 0 Å². The number of rotatable bonds is 0. The first-order chi connectivity index (χ1) is 11.2. The molecule has 0 atom stereocenters. The first kappa shape index (κ1) is 15.6. The molecule has 1 heterocycles. The number of nitrogens with one attached hydrogen (secondary N) is 1. The van der Waals surface area contributed by atoms with Crippen LogP contribution in [0.3, 0.4) is 0 Å². The molecule has 1 N–H and O–H groups in total. The lowest BCUT2D eigenvalue weighted by atomic mass is 10.1. The van der Waals surface area contributed by atoms with E-state index in [2.05, 4.69) is 23.5 Å². The van der Waals surface area contributed by atoms with Crippen LogP contribution in [-0.4, -0.2) is 31.0 Å². The van der Waals surface area contributed by atoms with Crippen LogP contribution in [0.4, 0.5) is 0 Å². The maximum absolute atomic E-state index is 12.7. The van der Waals surface area contributed by atoms with Crippen molar-refractivity contribution < 1.29 is 9.53 Å². The Balaban J connectivity index is 1.89. The predicted molar refractivity (Wildman–Crippen MR) is 90.5 cm³/mol. The maximum atomic E-state index is 12.7. The molecule has 0 fully saturated rings. The van der Waals surface area contributed by atoms with Crippen molar-refractivity contribution in [3.63, 3.8) is 0 Å². The van der Waals surface area contributed by atoms with Crippen molar-refractivity contribution in [1.29, 1.82) is 0 Å². The number of amides is 1. The first-order valence-corrected chi connectivity index (χ1v) is 8.00. The number of para-hydroxylation sites is 1. The lowest BCUT2D eigenvalue weighted by Crippen LogP contribution is -2.27. The molecule has 1 aliphatic heterocycles. The van der Waals surface area contributed by atoms with Crippen LogP contribution in [0.25, 0.3) is 0 Å². The smallest absolute Gasteiger partial charge is 0.257 e. The summed E-state index contributed by atoms with van der Waals surface area (Å²) < 4.78 is 5.81. The highest BCUT2D eigenvalue weighted by molar-refractivity contribution is 5.96. The molecule has 2 aromatic carbocycles. The second kappa shape index (κ2) is 7.29. The van der Waals surface area contributed by atoms with Crippen LogP contribution in [-0.2, 0) is 13.1 Å². The van der Waals surface area contributed by atoms with Crippen LogP contribution < -0.4 is 10.1 Å². The van der Waals surface area contributed by atoms with Crippen molar-refractivity contribution in [2.24, 2.45) is 0 Å². The second-order valence-electron chi connectivity index (χ2n) is 5.86. The third-order valence-corrected chi connectivity index (χ3v) is 3.96. The number of ether oxygens (including phenoxy) is 1. The summed E-state index contributed by atoms with van der Waals surface area (Å²) in [5.41, 5.74) is 2.99. The lowest BCUT2D eigenvalue weighted by Gasteiger charge is -2.20. The van der Waals surface area contributed by atoms with E-state index in [4.69, 9.17) is 4.74 Å². The average Bonchev–Trinajstić information content (AvgIpc) is 2.57. The Kier molecular flexibility index (Phi) is 4.93. The van der Waals surface area contributed by atoms with E-state index in [-0.39, 0.29) is 5.91 Å². The molecule has 0 aliphatic carbocycles. The van der Waals surface area contributed by atoms with E-state index in [9.17, 15) is 4.79 Å². The summed E-state index contributed by atoms with van der Waals surface area (Å²) in [4.78, 5) is 14.5. The quantitative estimate of drug-likeness (QED) is 0.813. The molecule has 2 bridgehead atoms. The fourth-order valence-electron chi connectivity index (χ4n) is 2.77. The van der Waals surface area contributed by atoms with E-state index in [0.717, 1.165) is 25.1 Å². The van der Waals surface area contributed by atoms with E-state index in [1.165, 1.54) is 5.56 Å². The third kappa shape index (κ3) is 3.90. The van der Waals surface area contributed by atoms with Crippen molar-refractivity contribution >= 4 is 5.91 Å². The van der Waals surface area contributed by atoms with Gasteiger partial charge in [-0.3, -0.25) is 4.79 Å². The molecule has 0 spiro atoms. The molecule has 4 nitrogen and oxygen atoms in total. The van der Waals surface area contributed by atoms with E-state index in [0.29, 0.717) is 24.5 Å². The molecule has 1 amide bonds. The van der Waals surface area contributed by atoms with E-state index in [1.54, 1.807) is 4.90 Å². The minimum Gasteiger partial charge on any atom is -0.493 e. The van der Waals surface area contributed by atoms with Gasteiger partial charge in [0, 0.05) is 20.1 Å². The van der Waals surface area contributed by atoms with Crippen molar-refractivity contribution in [1.82, 2.24) is 10.2 Å². The molecule has 0 radical (unpaired) electrons. The van der Waals surface area contributed by atoms with Gasteiger partial charge in [-0.2, -0.15) is 0 Å². The van der Waals surface area contributed by atoms with Crippen LogP contribution in [0.5, 0.6) is 5.75 Å². The topological polar surface area (TPSA) is 41.6 Å². The van der Waals surface area contributed by atoms with Crippen LogP contribution in [0.15, 0.2) is 48.5 Å². The normalized spacial score (nSPS) is 16.2. The largest absolute Gasteiger partial charge is 0.493 e. The lowest BCUT2D eigenvalue weighted by molar-refractivity contribution is 0.0780. The van der Waals surface area contributed by atoms with Gasteiger partial charge in [0.05, 0.1) is 12.2 Å². The molecule has 120 valence electrons. The standard InChI is InChI=1S/C19H22N2O2/c1-21-14-16-7-4-6-15(12-16)13-20-10-5-11-23-18-9-3-2-8-17(18)19(21)22/h2-4,6-9,12,20H,5,10-11,13-14H2,1H3. The highest BCUT2D eigenvalue weighted by atomic mass is 16.5. The van der Waals surface area contributed by atoms with Crippen molar-refractivity contribution in [3.05, 3.63) is 65.2 Å². The summed E-state index contributed by atoms with van der Waals surface area (Å²) in [5.74, 6) is 0.649. The third-order valence-electron chi connectivity index (χ3n) is 3.96. The zero-order valence-electron chi connectivity index (χ0n) is 13.4. The van der Waals surface area contributed by atoms with E-state index >= 15 is 0 Å². The van der Waals surface area contributed by atoms with Gasteiger partial charge in [-0.15, -0.1) is 0 Å². The van der Waals surface area contributed by atoms with Crippen LogP contribution >= 0.6 is 0 Å². The van der Waals surface area contributed by atoms with E-state index < -0.39 is 0 Å². The van der Waals surface area contributed by atoms with Crippen LogP contribution in [0.1, 0.15) is 27.9 Å². The SMILES string of the molecule is CN1Cc2cccc(c2)CNCCCOc2ccccc2C1=O. The molecular weight excluding hydrogens is 288 g/mol. The summed E-state index contributed by atoms with van der Waals surface area (Å²) in [6, 6.07) is 15.8. The van der Waals surface area contributed by atoms with Crippen molar-refractivity contribution in [2.75, 3.05) is 20.2 Å². The number of carbonyl (C=O) groups is 1. The van der Waals surface area contributed by atoms with Gasteiger partial charge in [-0.1, -0.05) is 36.4 Å². The Hall–Kier alpha value is -2.33. The molecule has 4 heteroatoms. The fraction of sp³-hybridized carbons (Fsp3) is 0.316. The number of nitrogens with zero attached hydrogens (tertiary/aromatic N) is 1. The Morgan fingerprint density at radius 2 is 1.91 bits per heavy atom. The monoisotopic (exact) mass is 310 g/mol. The van der Waals surface area contributed by atoms with Gasteiger partial charge in [-0.05, 0) is 36.2 Å². The minimum absolute atomic E-state index is 0.0128. The minimum atomic E-state index is -0.0128. The Labute approximate surface area is 137 Å². The predicted octanol–water partition coefficient (Wildman–Crippen LogP) is 2.83. The zero-order valence-corrected chi connectivity index (χ0v) is 13.4. The van der Waals surface area contributed by atoms with Gasteiger partial charge in [0.1, 0.15) is 5.75 Å². The summed E-state index contributed by atoms with van der Waals surface area (Å²) in [5, 5.41) is 3.43.